The Balaban J connectivity index is 1.88. The lowest BCUT2D eigenvalue weighted by molar-refractivity contribution is -0.123. The molecule has 0 aromatic heterocycles. The molecular weight excluding hydrogens is 326 g/mol. The molecule has 0 unspecified atom stereocenters. The summed E-state index contributed by atoms with van der Waals surface area (Å²) in [5, 5.41) is 2.75. The van der Waals surface area contributed by atoms with Crippen LogP contribution in [-0.2, 0) is 21.2 Å². The average Bonchev–Trinajstić information content (AvgIpc) is 2.67. The Kier molecular flexibility index (Phi) is 5.05. The monoisotopic (exact) mass is 346 g/mol. The molecule has 5 nitrogen and oxygen atoms in total. The first-order valence-electron chi connectivity index (χ1n) is 7.22. The quantitative estimate of drug-likeness (QED) is 0.867. The number of likely N-dealkylation sites (N-methyl/N-ethyl adjacent to an activating group) is 1. The van der Waals surface area contributed by atoms with E-state index < -0.39 is 27.0 Å². The molecule has 0 radical (unpaired) electrons. The molecule has 1 fully saturated rings. The molecule has 2 rings (SSSR count). The van der Waals surface area contributed by atoms with Crippen LogP contribution in [0.3, 0.4) is 0 Å². The molecule has 0 aliphatic carbocycles. The number of sulfone groups is 1. The number of amides is 1. The Labute approximate surface area is 134 Å². The standard InChI is InChI=1S/C15H20F2N2O3S/c1-15(5-6-23(21,22)10-15)18-14(20)9-19(2)8-11-3-4-12(16)13(17)7-11/h3-4,7H,5-6,8-10H2,1-2H3,(H,18,20)/t15-/m0/s1. The second-order valence-corrected chi connectivity index (χ2v) is 8.56. The number of carbonyl (C=O) groups excluding carboxylic acids is 1. The van der Waals surface area contributed by atoms with Crippen LogP contribution in [0, 0.1) is 11.6 Å². The lowest BCUT2D eigenvalue weighted by atomic mass is 10.0. The van der Waals surface area contributed by atoms with E-state index in [1.54, 1.807) is 18.9 Å². The van der Waals surface area contributed by atoms with Crippen molar-refractivity contribution in [2.75, 3.05) is 25.1 Å². The summed E-state index contributed by atoms with van der Waals surface area (Å²) in [6.45, 7) is 2.03. The molecule has 1 saturated heterocycles. The van der Waals surface area contributed by atoms with E-state index in [2.05, 4.69) is 5.32 Å². The first kappa shape index (κ1) is 17.8. The van der Waals surface area contributed by atoms with E-state index in [0.717, 1.165) is 12.1 Å². The average molecular weight is 346 g/mol. The van der Waals surface area contributed by atoms with Crippen LogP contribution in [-0.4, -0.2) is 49.9 Å². The van der Waals surface area contributed by atoms with Gasteiger partial charge in [-0.15, -0.1) is 0 Å². The first-order valence-corrected chi connectivity index (χ1v) is 9.05. The van der Waals surface area contributed by atoms with Crippen molar-refractivity contribution < 1.29 is 22.0 Å². The number of rotatable bonds is 5. The highest BCUT2D eigenvalue weighted by atomic mass is 32.2. The van der Waals surface area contributed by atoms with Gasteiger partial charge in [0.05, 0.1) is 23.6 Å². The van der Waals surface area contributed by atoms with Crippen molar-refractivity contribution in [1.29, 1.82) is 0 Å². The lowest BCUT2D eigenvalue weighted by Gasteiger charge is -2.25. The number of halogens is 2. The summed E-state index contributed by atoms with van der Waals surface area (Å²) >= 11 is 0. The Morgan fingerprint density at radius 2 is 2.04 bits per heavy atom. The minimum Gasteiger partial charge on any atom is -0.349 e. The molecule has 1 aliphatic rings. The highest BCUT2D eigenvalue weighted by Gasteiger charge is 2.39. The minimum absolute atomic E-state index is 0.0363. The van der Waals surface area contributed by atoms with E-state index in [-0.39, 0.29) is 30.5 Å². The van der Waals surface area contributed by atoms with Gasteiger partial charge in [0, 0.05) is 6.54 Å². The summed E-state index contributed by atoms with van der Waals surface area (Å²) in [5.74, 6) is -2.11. The summed E-state index contributed by atoms with van der Waals surface area (Å²) in [7, 11) is -1.42. The molecule has 1 aliphatic heterocycles. The fraction of sp³-hybridized carbons (Fsp3) is 0.533. The van der Waals surface area contributed by atoms with Crippen LogP contribution in [0.1, 0.15) is 18.9 Å². The van der Waals surface area contributed by atoms with E-state index in [1.165, 1.54) is 6.07 Å². The Hall–Kier alpha value is -1.54. The molecule has 8 heteroatoms. The van der Waals surface area contributed by atoms with Crippen LogP contribution in [0.2, 0.25) is 0 Å². The smallest absolute Gasteiger partial charge is 0.234 e. The molecule has 0 bridgehead atoms. The van der Waals surface area contributed by atoms with Gasteiger partial charge in [0.25, 0.3) is 0 Å². The predicted octanol–water partition coefficient (Wildman–Crippen LogP) is 1.09. The summed E-state index contributed by atoms with van der Waals surface area (Å²) in [6.07, 6.45) is 0.397. The lowest BCUT2D eigenvalue weighted by Crippen LogP contribution is -2.49. The SMILES string of the molecule is CN(CC(=O)N[C@@]1(C)CCS(=O)(=O)C1)Cc1ccc(F)c(F)c1. The highest BCUT2D eigenvalue weighted by Crippen LogP contribution is 2.22. The van der Waals surface area contributed by atoms with Gasteiger partial charge in [-0.05, 0) is 38.1 Å². The Bertz CT molecular complexity index is 709. The van der Waals surface area contributed by atoms with Crippen molar-refractivity contribution in [3.8, 4) is 0 Å². The van der Waals surface area contributed by atoms with Gasteiger partial charge in [0.1, 0.15) is 0 Å². The molecule has 1 atom stereocenters. The zero-order chi connectivity index (χ0) is 17.3. The summed E-state index contributed by atoms with van der Waals surface area (Å²) in [6, 6.07) is 3.59. The van der Waals surface area contributed by atoms with Gasteiger partial charge in [-0.25, -0.2) is 17.2 Å². The van der Waals surface area contributed by atoms with Crippen molar-refractivity contribution in [2.45, 2.75) is 25.4 Å². The van der Waals surface area contributed by atoms with Gasteiger partial charge in [0.2, 0.25) is 5.91 Å². The third-order valence-corrected chi connectivity index (χ3v) is 5.70. The van der Waals surface area contributed by atoms with Crippen LogP contribution >= 0.6 is 0 Å². The molecule has 0 spiro atoms. The maximum Gasteiger partial charge on any atom is 0.234 e. The number of hydrogen-bond donors (Lipinski definition) is 1. The van der Waals surface area contributed by atoms with Crippen molar-refractivity contribution >= 4 is 15.7 Å². The van der Waals surface area contributed by atoms with Gasteiger partial charge in [-0.3, -0.25) is 9.69 Å². The van der Waals surface area contributed by atoms with Crippen molar-refractivity contribution in [2.24, 2.45) is 0 Å². The van der Waals surface area contributed by atoms with Gasteiger partial charge in [-0.1, -0.05) is 6.07 Å². The van der Waals surface area contributed by atoms with Gasteiger partial charge in [-0.2, -0.15) is 0 Å². The highest BCUT2D eigenvalue weighted by molar-refractivity contribution is 7.91. The normalized spacial score (nSPS) is 23.2. The molecular formula is C15H20F2N2O3S. The fourth-order valence-corrected chi connectivity index (χ4v) is 4.83. The summed E-state index contributed by atoms with van der Waals surface area (Å²) < 4.78 is 49.1. The maximum atomic E-state index is 13.2. The van der Waals surface area contributed by atoms with Crippen LogP contribution in [0.4, 0.5) is 8.78 Å². The largest absolute Gasteiger partial charge is 0.349 e. The van der Waals surface area contributed by atoms with E-state index in [1.807, 2.05) is 0 Å². The minimum atomic E-state index is -3.09. The van der Waals surface area contributed by atoms with E-state index in [0.29, 0.717) is 12.0 Å². The number of carbonyl (C=O) groups is 1. The topological polar surface area (TPSA) is 66.5 Å². The number of nitrogens with zero attached hydrogens (tertiary/aromatic N) is 1. The van der Waals surface area contributed by atoms with Crippen LogP contribution in [0.15, 0.2) is 18.2 Å². The Morgan fingerprint density at radius 1 is 1.35 bits per heavy atom. The van der Waals surface area contributed by atoms with Crippen LogP contribution in [0.25, 0.3) is 0 Å². The van der Waals surface area contributed by atoms with Crippen molar-refractivity contribution in [3.63, 3.8) is 0 Å². The van der Waals surface area contributed by atoms with Crippen LogP contribution in [0.5, 0.6) is 0 Å². The van der Waals surface area contributed by atoms with E-state index in [4.69, 9.17) is 0 Å². The van der Waals surface area contributed by atoms with Gasteiger partial charge < -0.3 is 5.32 Å². The molecule has 0 saturated carbocycles. The molecule has 1 heterocycles. The third kappa shape index (κ3) is 4.97. The van der Waals surface area contributed by atoms with E-state index in [9.17, 15) is 22.0 Å². The number of benzene rings is 1. The molecule has 1 amide bonds. The van der Waals surface area contributed by atoms with E-state index >= 15 is 0 Å². The van der Waals surface area contributed by atoms with Crippen molar-refractivity contribution in [3.05, 3.63) is 35.4 Å². The molecule has 1 aromatic rings. The Morgan fingerprint density at radius 3 is 2.61 bits per heavy atom. The van der Waals surface area contributed by atoms with Crippen LogP contribution < -0.4 is 5.32 Å². The molecule has 128 valence electrons. The maximum absolute atomic E-state index is 13.2. The van der Waals surface area contributed by atoms with Crippen molar-refractivity contribution in [1.82, 2.24) is 10.2 Å². The fourth-order valence-electron chi connectivity index (χ4n) is 2.74. The summed E-state index contributed by atoms with van der Waals surface area (Å²) in [4.78, 5) is 13.7. The first-order chi connectivity index (χ1) is 10.6. The molecule has 23 heavy (non-hydrogen) atoms. The van der Waals surface area contributed by atoms with Gasteiger partial charge in [0.15, 0.2) is 21.5 Å². The number of nitrogens with one attached hydrogen (secondary N) is 1. The third-order valence-electron chi connectivity index (χ3n) is 3.79. The molecule has 1 N–H and O–H groups in total. The summed E-state index contributed by atoms with van der Waals surface area (Å²) in [5.41, 5.74) is -0.187. The predicted molar refractivity (Wildman–Crippen MR) is 82.5 cm³/mol. The zero-order valence-corrected chi connectivity index (χ0v) is 13.9. The molecule has 1 aromatic carbocycles. The van der Waals surface area contributed by atoms with Gasteiger partial charge >= 0.3 is 0 Å². The number of hydrogen-bond acceptors (Lipinski definition) is 4. The zero-order valence-electron chi connectivity index (χ0n) is 13.1. The second-order valence-electron chi connectivity index (χ2n) is 6.37. The second kappa shape index (κ2) is 6.52.